The summed E-state index contributed by atoms with van der Waals surface area (Å²) in [4.78, 5) is 27.8. The third-order valence-electron chi connectivity index (χ3n) is 7.82. The van der Waals surface area contributed by atoms with E-state index in [4.69, 9.17) is 9.47 Å². The minimum Gasteiger partial charge on any atom is -0.497 e. The summed E-state index contributed by atoms with van der Waals surface area (Å²) in [7, 11) is 1.61. The number of aromatic carboxylic acids is 1. The SMILES string of the molecule is COc1cccc(Cn2c(C(=O)O)c(-c3ccc(OCC(=O)c4ccc(N5CCCC5)cc4)cc3)c3ccccc32)c1. The molecule has 1 aliphatic heterocycles. The second-order valence-corrected chi connectivity index (χ2v) is 10.5. The summed E-state index contributed by atoms with van der Waals surface area (Å²) in [5, 5.41) is 11.2. The van der Waals surface area contributed by atoms with E-state index in [0.717, 1.165) is 40.8 Å². The standard InChI is InChI=1S/C35H32N2O5/c1-41-29-8-6-7-24(21-29)22-37-31-10-3-2-9-30(31)33(34(37)35(39)40)26-13-17-28(18-14-26)42-23-32(38)25-11-15-27(16-12-25)36-19-4-5-20-36/h2-3,6-18,21H,4-5,19-20,22-23H2,1H3,(H,39,40). The first-order chi connectivity index (χ1) is 20.5. The van der Waals surface area contributed by atoms with Crippen LogP contribution >= 0.6 is 0 Å². The highest BCUT2D eigenvalue weighted by atomic mass is 16.5. The third kappa shape index (κ3) is 5.46. The number of anilines is 1. The Labute approximate surface area is 244 Å². The van der Waals surface area contributed by atoms with Gasteiger partial charge in [-0.05, 0) is 78.6 Å². The van der Waals surface area contributed by atoms with E-state index in [9.17, 15) is 14.7 Å². The average molecular weight is 561 g/mol. The Morgan fingerprint density at radius 1 is 0.833 bits per heavy atom. The fourth-order valence-electron chi connectivity index (χ4n) is 5.72. The van der Waals surface area contributed by atoms with Crippen LogP contribution in [0.15, 0.2) is 97.1 Å². The molecule has 4 aromatic carbocycles. The van der Waals surface area contributed by atoms with E-state index in [1.807, 2.05) is 89.5 Å². The van der Waals surface area contributed by atoms with Crippen LogP contribution in [0.5, 0.6) is 11.5 Å². The van der Waals surface area contributed by atoms with Crippen LogP contribution in [-0.4, -0.2) is 48.2 Å². The Balaban J connectivity index is 1.23. The third-order valence-corrected chi connectivity index (χ3v) is 7.82. The van der Waals surface area contributed by atoms with Gasteiger partial charge in [-0.1, -0.05) is 42.5 Å². The van der Waals surface area contributed by atoms with Crippen LogP contribution in [0, 0.1) is 0 Å². The molecule has 1 aliphatic rings. The van der Waals surface area contributed by atoms with E-state index in [0.29, 0.717) is 29.2 Å². The molecule has 0 unspecified atom stereocenters. The number of ketones is 1. The lowest BCUT2D eigenvalue weighted by atomic mass is 10.0. The van der Waals surface area contributed by atoms with Crippen molar-refractivity contribution in [2.24, 2.45) is 0 Å². The number of carboxylic acids is 1. The van der Waals surface area contributed by atoms with Gasteiger partial charge in [-0.3, -0.25) is 4.79 Å². The van der Waals surface area contributed by atoms with E-state index in [2.05, 4.69) is 4.90 Å². The maximum atomic E-state index is 12.8. The van der Waals surface area contributed by atoms with Crippen LogP contribution in [0.1, 0.15) is 39.3 Å². The molecule has 1 fully saturated rings. The average Bonchev–Trinajstić information content (AvgIpc) is 3.68. The minimum atomic E-state index is -1.01. The largest absolute Gasteiger partial charge is 0.497 e. The van der Waals surface area contributed by atoms with Gasteiger partial charge in [0.05, 0.1) is 7.11 Å². The number of methoxy groups -OCH3 is 1. The smallest absolute Gasteiger partial charge is 0.353 e. The number of rotatable bonds is 10. The molecule has 0 saturated carbocycles. The number of carbonyl (C=O) groups excluding carboxylic acids is 1. The summed E-state index contributed by atoms with van der Waals surface area (Å²) < 4.78 is 13.0. The van der Waals surface area contributed by atoms with Gasteiger partial charge in [0.2, 0.25) is 0 Å². The lowest BCUT2D eigenvalue weighted by Crippen LogP contribution is -2.17. The maximum Gasteiger partial charge on any atom is 0.353 e. The molecule has 6 rings (SSSR count). The molecule has 0 atom stereocenters. The first-order valence-corrected chi connectivity index (χ1v) is 14.1. The summed E-state index contributed by atoms with van der Waals surface area (Å²) in [6.07, 6.45) is 2.41. The lowest BCUT2D eigenvalue weighted by molar-refractivity contribution is 0.0687. The van der Waals surface area contributed by atoms with E-state index >= 15 is 0 Å². The number of Topliss-reactive ketones (excluding diaryl/α,β-unsaturated/α-hetero) is 1. The number of ether oxygens (including phenoxy) is 2. The fourth-order valence-corrected chi connectivity index (χ4v) is 5.72. The van der Waals surface area contributed by atoms with E-state index in [1.165, 1.54) is 12.8 Å². The van der Waals surface area contributed by atoms with Gasteiger partial charge in [-0.15, -0.1) is 0 Å². The van der Waals surface area contributed by atoms with Crippen LogP contribution in [-0.2, 0) is 6.54 Å². The molecule has 7 heteroatoms. The van der Waals surface area contributed by atoms with Gasteiger partial charge in [0, 0.05) is 47.4 Å². The van der Waals surface area contributed by atoms with Gasteiger partial charge in [-0.2, -0.15) is 0 Å². The summed E-state index contributed by atoms with van der Waals surface area (Å²) in [5.41, 5.74) is 5.12. The van der Waals surface area contributed by atoms with Crippen molar-refractivity contribution in [3.05, 3.63) is 114 Å². The second-order valence-electron chi connectivity index (χ2n) is 10.5. The van der Waals surface area contributed by atoms with Crippen molar-refractivity contribution in [3.63, 3.8) is 0 Å². The number of benzene rings is 4. The quantitative estimate of drug-likeness (QED) is 0.187. The molecular weight excluding hydrogens is 528 g/mol. The predicted molar refractivity (Wildman–Crippen MR) is 164 cm³/mol. The van der Waals surface area contributed by atoms with Crippen LogP contribution in [0.25, 0.3) is 22.0 Å². The Hall–Kier alpha value is -5.04. The fraction of sp³-hybridized carbons (Fsp3) is 0.200. The zero-order valence-corrected chi connectivity index (χ0v) is 23.5. The predicted octanol–water partition coefficient (Wildman–Crippen LogP) is 6.93. The highest BCUT2D eigenvalue weighted by molar-refractivity contribution is 6.08. The number of fused-ring (bicyclic) bond motifs is 1. The Morgan fingerprint density at radius 3 is 2.29 bits per heavy atom. The normalized spacial score (nSPS) is 12.9. The highest BCUT2D eigenvalue weighted by Gasteiger charge is 2.24. The Bertz CT molecular complexity index is 1730. The van der Waals surface area contributed by atoms with Crippen molar-refractivity contribution in [1.82, 2.24) is 4.57 Å². The number of carboxylic acid groups (broad SMARTS) is 1. The van der Waals surface area contributed by atoms with E-state index in [-0.39, 0.29) is 18.1 Å². The molecule has 42 heavy (non-hydrogen) atoms. The zero-order valence-electron chi connectivity index (χ0n) is 23.5. The first-order valence-electron chi connectivity index (χ1n) is 14.1. The van der Waals surface area contributed by atoms with Gasteiger partial charge >= 0.3 is 5.97 Å². The number of para-hydroxylation sites is 1. The van der Waals surface area contributed by atoms with Crippen molar-refractivity contribution in [2.45, 2.75) is 19.4 Å². The number of hydrogen-bond donors (Lipinski definition) is 1. The van der Waals surface area contributed by atoms with Gasteiger partial charge in [-0.25, -0.2) is 4.79 Å². The molecule has 2 heterocycles. The molecule has 1 aromatic heterocycles. The molecule has 7 nitrogen and oxygen atoms in total. The van der Waals surface area contributed by atoms with Crippen molar-refractivity contribution in [1.29, 1.82) is 0 Å². The lowest BCUT2D eigenvalue weighted by Gasteiger charge is -2.17. The van der Waals surface area contributed by atoms with Gasteiger partial charge < -0.3 is 24.0 Å². The van der Waals surface area contributed by atoms with Crippen molar-refractivity contribution >= 4 is 28.3 Å². The molecule has 0 bridgehead atoms. The molecular formula is C35H32N2O5. The second kappa shape index (κ2) is 11.8. The molecule has 0 spiro atoms. The van der Waals surface area contributed by atoms with Gasteiger partial charge in [0.15, 0.2) is 12.4 Å². The van der Waals surface area contributed by atoms with Crippen molar-refractivity contribution in [2.75, 3.05) is 31.7 Å². The summed E-state index contributed by atoms with van der Waals surface area (Å²) in [5.74, 6) is 0.151. The molecule has 212 valence electrons. The monoisotopic (exact) mass is 560 g/mol. The first kappa shape index (κ1) is 27.1. The van der Waals surface area contributed by atoms with Crippen LogP contribution in [0.3, 0.4) is 0 Å². The van der Waals surface area contributed by atoms with Crippen LogP contribution < -0.4 is 14.4 Å². The molecule has 0 amide bonds. The number of hydrogen-bond acceptors (Lipinski definition) is 5. The van der Waals surface area contributed by atoms with Crippen molar-refractivity contribution in [3.8, 4) is 22.6 Å². The number of nitrogens with zero attached hydrogens (tertiary/aromatic N) is 2. The topological polar surface area (TPSA) is 81.0 Å². The minimum absolute atomic E-state index is 0.0807. The Morgan fingerprint density at radius 2 is 1.57 bits per heavy atom. The maximum absolute atomic E-state index is 12.8. The Kier molecular flexibility index (Phi) is 7.64. The molecule has 0 aliphatic carbocycles. The molecule has 1 N–H and O–H groups in total. The summed E-state index contributed by atoms with van der Waals surface area (Å²) >= 11 is 0. The number of carbonyl (C=O) groups is 2. The molecule has 0 radical (unpaired) electrons. The summed E-state index contributed by atoms with van der Waals surface area (Å²) in [6.45, 7) is 2.41. The van der Waals surface area contributed by atoms with Crippen LogP contribution in [0.4, 0.5) is 5.69 Å². The summed E-state index contributed by atoms with van der Waals surface area (Å²) in [6, 6.07) is 30.3. The van der Waals surface area contributed by atoms with Crippen LogP contribution in [0.2, 0.25) is 0 Å². The molecule has 5 aromatic rings. The van der Waals surface area contributed by atoms with E-state index < -0.39 is 5.97 Å². The number of aromatic nitrogens is 1. The highest BCUT2D eigenvalue weighted by Crippen LogP contribution is 2.36. The zero-order chi connectivity index (χ0) is 29.1. The van der Waals surface area contributed by atoms with Crippen molar-refractivity contribution < 1.29 is 24.2 Å². The van der Waals surface area contributed by atoms with E-state index in [1.54, 1.807) is 19.2 Å². The van der Waals surface area contributed by atoms with Gasteiger partial charge in [0.25, 0.3) is 0 Å². The van der Waals surface area contributed by atoms with Gasteiger partial charge in [0.1, 0.15) is 17.2 Å². The molecule has 1 saturated heterocycles.